The van der Waals surface area contributed by atoms with Gasteiger partial charge in [0.15, 0.2) is 5.65 Å². The van der Waals surface area contributed by atoms with Crippen LogP contribution in [-0.4, -0.2) is 16.4 Å². The standard InChI is InChI=1S/C14H13N3O/c1-9-11(8-15)13-10-6-4-5-7-12(10)16(2)14(13)17(9)18-3/h4-7H,1-3H3. The summed E-state index contributed by atoms with van der Waals surface area (Å²) < 4.78 is 3.77. The van der Waals surface area contributed by atoms with E-state index in [0.717, 1.165) is 27.6 Å². The number of rotatable bonds is 1. The summed E-state index contributed by atoms with van der Waals surface area (Å²) in [4.78, 5) is 5.40. The highest BCUT2D eigenvalue weighted by molar-refractivity contribution is 6.10. The Morgan fingerprint density at radius 3 is 2.67 bits per heavy atom. The van der Waals surface area contributed by atoms with E-state index in [-0.39, 0.29) is 0 Å². The topological polar surface area (TPSA) is 42.9 Å². The van der Waals surface area contributed by atoms with Crippen molar-refractivity contribution in [2.45, 2.75) is 6.92 Å². The van der Waals surface area contributed by atoms with Gasteiger partial charge < -0.3 is 9.40 Å². The van der Waals surface area contributed by atoms with Crippen LogP contribution in [-0.2, 0) is 7.05 Å². The van der Waals surface area contributed by atoms with Crippen molar-refractivity contribution in [2.75, 3.05) is 7.11 Å². The van der Waals surface area contributed by atoms with Crippen molar-refractivity contribution in [3.63, 3.8) is 0 Å². The molecule has 0 atom stereocenters. The van der Waals surface area contributed by atoms with E-state index in [1.54, 1.807) is 11.8 Å². The lowest BCUT2D eigenvalue weighted by atomic mass is 10.1. The zero-order valence-electron chi connectivity index (χ0n) is 10.6. The molecule has 3 aromatic rings. The van der Waals surface area contributed by atoms with Gasteiger partial charge in [0.1, 0.15) is 13.2 Å². The highest BCUT2D eigenvalue weighted by atomic mass is 16.6. The Hall–Kier alpha value is -2.41. The minimum absolute atomic E-state index is 0.684. The number of fused-ring (bicyclic) bond motifs is 3. The van der Waals surface area contributed by atoms with Crippen LogP contribution in [0.2, 0.25) is 0 Å². The first-order chi connectivity index (χ1) is 8.70. The normalized spacial score (nSPS) is 11.0. The van der Waals surface area contributed by atoms with Gasteiger partial charge in [-0.05, 0) is 13.0 Å². The first-order valence-electron chi connectivity index (χ1n) is 5.73. The van der Waals surface area contributed by atoms with Gasteiger partial charge in [0.05, 0.1) is 16.8 Å². The van der Waals surface area contributed by atoms with Gasteiger partial charge in [-0.1, -0.05) is 18.2 Å². The maximum atomic E-state index is 9.37. The summed E-state index contributed by atoms with van der Waals surface area (Å²) in [5.74, 6) is 0. The molecule has 90 valence electrons. The summed E-state index contributed by atoms with van der Waals surface area (Å²) in [6.45, 7) is 1.90. The van der Waals surface area contributed by atoms with Crippen molar-refractivity contribution >= 4 is 21.9 Å². The van der Waals surface area contributed by atoms with Crippen molar-refractivity contribution in [1.29, 1.82) is 5.26 Å². The molecule has 0 aliphatic carbocycles. The SMILES string of the molecule is COn1c(C)c(C#N)c2c3ccccc3n(C)c21. The van der Waals surface area contributed by atoms with Crippen LogP contribution >= 0.6 is 0 Å². The fourth-order valence-electron chi connectivity index (χ4n) is 2.67. The van der Waals surface area contributed by atoms with Crippen molar-refractivity contribution < 1.29 is 4.84 Å². The largest absolute Gasteiger partial charge is 0.415 e. The molecule has 0 aliphatic rings. The Balaban J connectivity index is 2.68. The molecular formula is C14H13N3O. The van der Waals surface area contributed by atoms with Crippen LogP contribution in [0.15, 0.2) is 24.3 Å². The molecule has 2 aromatic heterocycles. The van der Waals surface area contributed by atoms with Gasteiger partial charge >= 0.3 is 0 Å². The molecular weight excluding hydrogens is 226 g/mol. The second-order valence-electron chi connectivity index (χ2n) is 4.32. The number of nitrogens with zero attached hydrogens (tertiary/aromatic N) is 3. The quantitative estimate of drug-likeness (QED) is 0.654. The third-order valence-corrected chi connectivity index (χ3v) is 3.48. The van der Waals surface area contributed by atoms with Gasteiger partial charge in [0, 0.05) is 17.8 Å². The third-order valence-electron chi connectivity index (χ3n) is 3.48. The van der Waals surface area contributed by atoms with E-state index in [1.165, 1.54) is 0 Å². The number of nitriles is 1. The molecule has 0 unspecified atom stereocenters. The lowest BCUT2D eigenvalue weighted by Gasteiger charge is -2.06. The molecule has 0 saturated heterocycles. The number of hydrogen-bond donors (Lipinski definition) is 0. The fourth-order valence-corrected chi connectivity index (χ4v) is 2.67. The van der Waals surface area contributed by atoms with E-state index in [2.05, 4.69) is 10.6 Å². The van der Waals surface area contributed by atoms with Crippen LogP contribution < -0.4 is 4.84 Å². The Morgan fingerprint density at radius 1 is 1.28 bits per heavy atom. The average molecular weight is 239 g/mol. The van der Waals surface area contributed by atoms with Crippen LogP contribution in [0, 0.1) is 18.3 Å². The first kappa shape index (κ1) is 10.7. The van der Waals surface area contributed by atoms with E-state index in [1.807, 2.05) is 38.2 Å². The smallest absolute Gasteiger partial charge is 0.158 e. The molecule has 0 aliphatic heterocycles. The lowest BCUT2D eigenvalue weighted by molar-refractivity contribution is 0.171. The molecule has 0 N–H and O–H groups in total. The van der Waals surface area contributed by atoms with Crippen molar-refractivity contribution in [2.24, 2.45) is 7.05 Å². The Labute approximate surface area is 105 Å². The molecule has 3 rings (SSSR count). The summed E-state index contributed by atoms with van der Waals surface area (Å²) in [5.41, 5.74) is 3.55. The number of para-hydroxylation sites is 1. The van der Waals surface area contributed by atoms with Gasteiger partial charge in [-0.2, -0.15) is 9.99 Å². The molecule has 18 heavy (non-hydrogen) atoms. The van der Waals surface area contributed by atoms with Crippen LogP contribution in [0.1, 0.15) is 11.3 Å². The third kappa shape index (κ3) is 1.08. The fraction of sp³-hybridized carbons (Fsp3) is 0.214. The molecule has 0 radical (unpaired) electrons. The number of hydrogen-bond acceptors (Lipinski definition) is 2. The van der Waals surface area contributed by atoms with Gasteiger partial charge in [0.25, 0.3) is 0 Å². The zero-order valence-corrected chi connectivity index (χ0v) is 10.6. The van der Waals surface area contributed by atoms with Crippen LogP contribution in [0.4, 0.5) is 0 Å². The number of aromatic nitrogens is 2. The maximum Gasteiger partial charge on any atom is 0.158 e. The van der Waals surface area contributed by atoms with Gasteiger partial charge in [0.2, 0.25) is 0 Å². The van der Waals surface area contributed by atoms with Gasteiger partial charge in [-0.15, -0.1) is 0 Å². The monoisotopic (exact) mass is 239 g/mol. The maximum absolute atomic E-state index is 9.37. The zero-order chi connectivity index (χ0) is 12.9. The predicted octanol–water partition coefficient (Wildman–Crippen LogP) is 2.37. The summed E-state index contributed by atoms with van der Waals surface area (Å²) in [6, 6.07) is 10.4. The Bertz CT molecular complexity index is 802. The molecule has 0 amide bonds. The minimum Gasteiger partial charge on any atom is -0.415 e. The molecule has 0 spiro atoms. The van der Waals surface area contributed by atoms with Crippen molar-refractivity contribution in [1.82, 2.24) is 9.30 Å². The van der Waals surface area contributed by atoms with Crippen LogP contribution in [0.3, 0.4) is 0 Å². The highest BCUT2D eigenvalue weighted by Crippen LogP contribution is 2.33. The van der Waals surface area contributed by atoms with E-state index in [0.29, 0.717) is 5.56 Å². The molecule has 1 aromatic carbocycles. The summed E-state index contributed by atoms with van der Waals surface area (Å²) >= 11 is 0. The van der Waals surface area contributed by atoms with Crippen LogP contribution in [0.5, 0.6) is 0 Å². The Kier molecular flexibility index (Phi) is 2.11. The highest BCUT2D eigenvalue weighted by Gasteiger charge is 2.21. The van der Waals surface area contributed by atoms with E-state index < -0.39 is 0 Å². The van der Waals surface area contributed by atoms with Crippen molar-refractivity contribution in [3.8, 4) is 6.07 Å². The van der Waals surface area contributed by atoms with E-state index in [4.69, 9.17) is 4.84 Å². The molecule has 4 heteroatoms. The molecule has 2 heterocycles. The second-order valence-corrected chi connectivity index (χ2v) is 4.32. The van der Waals surface area contributed by atoms with Gasteiger partial charge in [-0.3, -0.25) is 0 Å². The molecule has 0 bridgehead atoms. The summed E-state index contributed by atoms with van der Waals surface area (Å²) in [5, 5.41) is 11.4. The lowest BCUT2D eigenvalue weighted by Crippen LogP contribution is -2.10. The van der Waals surface area contributed by atoms with E-state index in [9.17, 15) is 5.26 Å². The summed E-state index contributed by atoms with van der Waals surface area (Å²) in [6.07, 6.45) is 0. The first-order valence-corrected chi connectivity index (χ1v) is 5.73. The van der Waals surface area contributed by atoms with Gasteiger partial charge in [-0.25, -0.2) is 0 Å². The van der Waals surface area contributed by atoms with E-state index >= 15 is 0 Å². The number of aryl methyl sites for hydroxylation is 1. The molecule has 4 nitrogen and oxygen atoms in total. The summed E-state index contributed by atoms with van der Waals surface area (Å²) in [7, 11) is 3.60. The second kappa shape index (κ2) is 3.54. The predicted molar refractivity (Wildman–Crippen MR) is 70.4 cm³/mol. The number of benzene rings is 1. The van der Waals surface area contributed by atoms with Crippen molar-refractivity contribution in [3.05, 3.63) is 35.5 Å². The van der Waals surface area contributed by atoms with Crippen LogP contribution in [0.25, 0.3) is 21.9 Å². The Morgan fingerprint density at radius 2 is 2.00 bits per heavy atom. The minimum atomic E-state index is 0.684. The average Bonchev–Trinajstić information content (AvgIpc) is 2.83. The molecule has 0 fully saturated rings. The molecule has 0 saturated carbocycles.